The Bertz CT molecular complexity index is 874. The minimum absolute atomic E-state index is 0.0618. The lowest BCUT2D eigenvalue weighted by molar-refractivity contribution is -0.147. The van der Waals surface area contributed by atoms with E-state index in [0.29, 0.717) is 12.1 Å². The summed E-state index contributed by atoms with van der Waals surface area (Å²) in [6.07, 6.45) is 3.06. The van der Waals surface area contributed by atoms with Gasteiger partial charge < -0.3 is 36.9 Å². The van der Waals surface area contributed by atoms with E-state index >= 15 is 0 Å². The normalized spacial score (nSPS) is 15.4. The number of hydrogen-bond donors (Lipinski definition) is 7. The van der Waals surface area contributed by atoms with Crippen molar-refractivity contribution in [1.82, 2.24) is 25.9 Å². The highest BCUT2D eigenvalue weighted by atomic mass is 16.4. The number of rotatable bonds is 15. The molecule has 0 bridgehead atoms. The molecule has 13 heteroatoms. The summed E-state index contributed by atoms with van der Waals surface area (Å²) in [5, 5.41) is 25.5. The number of nitrogens with two attached hydrogens (primary N) is 1. The number of carboxylic acids is 2. The van der Waals surface area contributed by atoms with Crippen LogP contribution < -0.4 is 21.7 Å². The largest absolute Gasteiger partial charge is 0.481 e. The number of carbonyl (C=O) groups excluding carboxylic acids is 3. The number of carboxylic acid groups (broad SMARTS) is 2. The highest BCUT2D eigenvalue weighted by molar-refractivity contribution is 5.94. The van der Waals surface area contributed by atoms with E-state index in [9.17, 15) is 29.1 Å². The van der Waals surface area contributed by atoms with Crippen LogP contribution in [-0.2, 0) is 30.4 Å². The van der Waals surface area contributed by atoms with Crippen LogP contribution in [0.15, 0.2) is 12.5 Å². The molecule has 13 nitrogen and oxygen atoms in total. The van der Waals surface area contributed by atoms with E-state index in [1.807, 2.05) is 6.92 Å². The molecular formula is C22H36N6O7. The summed E-state index contributed by atoms with van der Waals surface area (Å²) < 4.78 is 0. The maximum Gasteiger partial charge on any atom is 0.326 e. The zero-order valence-corrected chi connectivity index (χ0v) is 20.4. The highest BCUT2D eigenvalue weighted by Crippen LogP contribution is 2.12. The predicted molar refractivity (Wildman–Crippen MR) is 125 cm³/mol. The van der Waals surface area contributed by atoms with Gasteiger partial charge in [-0.05, 0) is 18.3 Å². The Balaban J connectivity index is 2.98. The smallest absolute Gasteiger partial charge is 0.326 e. The third kappa shape index (κ3) is 10.1. The molecule has 5 unspecified atom stereocenters. The maximum atomic E-state index is 13.1. The average molecular weight is 497 g/mol. The first-order valence-corrected chi connectivity index (χ1v) is 11.4. The molecule has 1 aromatic heterocycles. The number of aromatic nitrogens is 2. The van der Waals surface area contributed by atoms with Crippen molar-refractivity contribution in [3.63, 3.8) is 0 Å². The molecule has 0 aliphatic heterocycles. The summed E-state index contributed by atoms with van der Waals surface area (Å²) in [6, 6.07) is -4.74. The Kier molecular flexibility index (Phi) is 11.9. The van der Waals surface area contributed by atoms with Crippen LogP contribution in [0.1, 0.15) is 52.7 Å². The topological polar surface area (TPSA) is 217 Å². The fourth-order valence-electron chi connectivity index (χ4n) is 3.30. The lowest BCUT2D eigenvalue weighted by Crippen LogP contribution is -2.59. The van der Waals surface area contributed by atoms with Crippen molar-refractivity contribution in [1.29, 1.82) is 0 Å². The van der Waals surface area contributed by atoms with Crippen LogP contribution in [0.3, 0.4) is 0 Å². The highest BCUT2D eigenvalue weighted by Gasteiger charge is 2.33. The molecule has 1 aromatic rings. The molecule has 196 valence electrons. The molecule has 1 rings (SSSR count). The maximum absolute atomic E-state index is 13.1. The quantitative estimate of drug-likeness (QED) is 0.164. The molecule has 0 aliphatic rings. The van der Waals surface area contributed by atoms with Crippen molar-refractivity contribution in [2.24, 2.45) is 17.6 Å². The minimum Gasteiger partial charge on any atom is -0.481 e. The van der Waals surface area contributed by atoms with Gasteiger partial charge in [-0.3, -0.25) is 19.2 Å². The van der Waals surface area contributed by atoms with Gasteiger partial charge in [0.15, 0.2) is 0 Å². The van der Waals surface area contributed by atoms with E-state index in [4.69, 9.17) is 10.8 Å². The molecular weight excluding hydrogens is 460 g/mol. The van der Waals surface area contributed by atoms with Crippen LogP contribution in [-0.4, -0.2) is 74.0 Å². The van der Waals surface area contributed by atoms with Crippen LogP contribution in [0.2, 0.25) is 0 Å². The lowest BCUT2D eigenvalue weighted by atomic mass is 9.96. The van der Waals surface area contributed by atoms with Gasteiger partial charge in [0.2, 0.25) is 17.7 Å². The van der Waals surface area contributed by atoms with Gasteiger partial charge in [0.1, 0.15) is 18.1 Å². The second-order valence-corrected chi connectivity index (χ2v) is 8.95. The van der Waals surface area contributed by atoms with Crippen molar-refractivity contribution >= 4 is 29.7 Å². The van der Waals surface area contributed by atoms with Gasteiger partial charge in [0.25, 0.3) is 0 Å². The first kappa shape index (κ1) is 29.6. The van der Waals surface area contributed by atoms with Crippen LogP contribution in [0, 0.1) is 11.8 Å². The number of imidazole rings is 1. The van der Waals surface area contributed by atoms with E-state index in [1.165, 1.54) is 12.5 Å². The zero-order chi connectivity index (χ0) is 26.7. The number of amides is 3. The Morgan fingerprint density at radius 3 is 2.11 bits per heavy atom. The Morgan fingerprint density at radius 2 is 1.63 bits per heavy atom. The van der Waals surface area contributed by atoms with E-state index < -0.39 is 60.2 Å². The SMILES string of the molecule is CCC(C)C(NC(=O)C(N)Cc1cnc[nH]1)C(=O)NC(CC(C)C)C(=O)NC(CC(=O)O)C(=O)O. The van der Waals surface area contributed by atoms with Crippen molar-refractivity contribution < 1.29 is 34.2 Å². The molecule has 0 aliphatic carbocycles. The van der Waals surface area contributed by atoms with Gasteiger partial charge in [0.05, 0.1) is 18.8 Å². The second kappa shape index (κ2) is 14.0. The standard InChI is InChI=1S/C22H36N6O7/c1-5-12(4)18(28-19(31)14(23)7-13-9-24-10-25-13)21(33)26-15(6-11(2)3)20(32)27-16(22(34)35)8-17(29)30/h9-12,14-16,18H,5-8,23H2,1-4H3,(H,24,25)(H,26,33)(H,27,32)(H,28,31)(H,29,30)(H,34,35). The van der Waals surface area contributed by atoms with Crippen molar-refractivity contribution in [3.05, 3.63) is 18.2 Å². The van der Waals surface area contributed by atoms with Gasteiger partial charge in [0, 0.05) is 18.3 Å². The fraction of sp³-hybridized carbons (Fsp3) is 0.636. The molecule has 5 atom stereocenters. The number of aliphatic carboxylic acids is 2. The van der Waals surface area contributed by atoms with Crippen LogP contribution in [0.25, 0.3) is 0 Å². The Hall–Kier alpha value is -3.48. The third-order valence-corrected chi connectivity index (χ3v) is 5.46. The van der Waals surface area contributed by atoms with E-state index in [2.05, 4.69) is 25.9 Å². The van der Waals surface area contributed by atoms with E-state index in [0.717, 1.165) is 0 Å². The first-order valence-electron chi connectivity index (χ1n) is 11.4. The molecule has 35 heavy (non-hydrogen) atoms. The number of carbonyl (C=O) groups is 5. The van der Waals surface area contributed by atoms with Gasteiger partial charge in [-0.25, -0.2) is 9.78 Å². The van der Waals surface area contributed by atoms with Gasteiger partial charge in [-0.15, -0.1) is 0 Å². The molecule has 1 heterocycles. The number of nitrogens with zero attached hydrogens (tertiary/aromatic N) is 1. The van der Waals surface area contributed by atoms with E-state index in [-0.39, 0.29) is 24.7 Å². The molecule has 0 saturated heterocycles. The Morgan fingerprint density at radius 1 is 1.00 bits per heavy atom. The van der Waals surface area contributed by atoms with Crippen LogP contribution >= 0.6 is 0 Å². The summed E-state index contributed by atoms with van der Waals surface area (Å²) in [7, 11) is 0. The average Bonchev–Trinajstić information content (AvgIpc) is 3.27. The summed E-state index contributed by atoms with van der Waals surface area (Å²) >= 11 is 0. The molecule has 3 amide bonds. The van der Waals surface area contributed by atoms with E-state index in [1.54, 1.807) is 20.8 Å². The summed E-state index contributed by atoms with van der Waals surface area (Å²) in [6.45, 7) is 7.21. The van der Waals surface area contributed by atoms with Gasteiger partial charge >= 0.3 is 11.9 Å². The predicted octanol–water partition coefficient (Wildman–Crippen LogP) is -0.615. The zero-order valence-electron chi connectivity index (χ0n) is 20.4. The second-order valence-electron chi connectivity index (χ2n) is 8.95. The first-order chi connectivity index (χ1) is 16.3. The fourth-order valence-corrected chi connectivity index (χ4v) is 3.30. The molecule has 0 saturated carbocycles. The number of hydrogen-bond acceptors (Lipinski definition) is 7. The van der Waals surface area contributed by atoms with Gasteiger partial charge in [-0.2, -0.15) is 0 Å². The van der Waals surface area contributed by atoms with Crippen molar-refractivity contribution in [2.75, 3.05) is 0 Å². The number of aromatic amines is 1. The summed E-state index contributed by atoms with van der Waals surface area (Å²) in [5.74, 6) is -5.29. The van der Waals surface area contributed by atoms with Gasteiger partial charge in [-0.1, -0.05) is 34.1 Å². The minimum atomic E-state index is -1.66. The molecule has 0 aromatic carbocycles. The monoisotopic (exact) mass is 496 g/mol. The Labute approximate surface area is 203 Å². The van der Waals surface area contributed by atoms with Crippen molar-refractivity contribution in [3.8, 4) is 0 Å². The number of nitrogens with one attached hydrogen (secondary N) is 4. The van der Waals surface area contributed by atoms with Crippen LogP contribution in [0.5, 0.6) is 0 Å². The summed E-state index contributed by atoms with van der Waals surface area (Å²) in [4.78, 5) is 67.6. The molecule has 0 radical (unpaired) electrons. The third-order valence-electron chi connectivity index (χ3n) is 5.46. The number of H-pyrrole nitrogens is 1. The summed E-state index contributed by atoms with van der Waals surface area (Å²) in [5.41, 5.74) is 6.63. The lowest BCUT2D eigenvalue weighted by Gasteiger charge is -2.28. The molecule has 0 spiro atoms. The molecule has 8 N–H and O–H groups in total. The van der Waals surface area contributed by atoms with Crippen LogP contribution in [0.4, 0.5) is 0 Å². The molecule has 0 fully saturated rings. The van der Waals surface area contributed by atoms with Crippen molar-refractivity contribution in [2.45, 2.75) is 77.5 Å².